The molecule has 82 valence electrons. The molecule has 0 unspecified atom stereocenters. The first-order valence-corrected chi connectivity index (χ1v) is 5.82. The monoisotopic (exact) mass is 204 g/mol. The second-order valence-corrected chi connectivity index (χ2v) is 3.84. The van der Waals surface area contributed by atoms with Gasteiger partial charge in [0.1, 0.15) is 0 Å². The molecule has 1 heteroatoms. The van der Waals surface area contributed by atoms with Crippen molar-refractivity contribution in [2.45, 2.75) is 47.0 Å². The van der Waals surface area contributed by atoms with Crippen molar-refractivity contribution in [1.82, 2.24) is 0 Å². The lowest BCUT2D eigenvalue weighted by Gasteiger charge is -2.05. The minimum atomic E-state index is 0.179. The third-order valence-electron chi connectivity index (χ3n) is 2.84. The predicted octanol–water partition coefficient (Wildman–Crippen LogP) is 3.71. The molecule has 0 aliphatic heterocycles. The van der Waals surface area contributed by atoms with E-state index in [1.165, 1.54) is 29.5 Å². The fourth-order valence-electron chi connectivity index (χ4n) is 2.13. The Balaban J connectivity index is 0.000000531. The number of benzene rings is 1. The maximum absolute atomic E-state index is 11.2. The molecular weight excluding hydrogens is 184 g/mol. The van der Waals surface area contributed by atoms with Crippen molar-refractivity contribution in [2.24, 2.45) is 0 Å². The molecule has 0 saturated heterocycles. The van der Waals surface area contributed by atoms with Crippen molar-refractivity contribution >= 4 is 5.78 Å². The molecule has 1 aromatic carbocycles. The number of ketones is 1. The van der Waals surface area contributed by atoms with E-state index in [0.29, 0.717) is 0 Å². The molecule has 1 nitrogen and oxygen atoms in total. The van der Waals surface area contributed by atoms with Gasteiger partial charge in [0.25, 0.3) is 0 Å². The van der Waals surface area contributed by atoms with Crippen molar-refractivity contribution in [3.05, 3.63) is 34.4 Å². The summed E-state index contributed by atoms with van der Waals surface area (Å²) >= 11 is 0. The van der Waals surface area contributed by atoms with Crippen molar-refractivity contribution in [3.63, 3.8) is 0 Å². The molecule has 0 amide bonds. The van der Waals surface area contributed by atoms with Crippen LogP contribution < -0.4 is 0 Å². The maximum Gasteiger partial charge on any atom is 0.159 e. The third kappa shape index (κ3) is 2.47. The first-order valence-electron chi connectivity index (χ1n) is 5.82. The lowest BCUT2D eigenvalue weighted by molar-refractivity contribution is 0.101. The Labute approximate surface area is 92.5 Å². The minimum absolute atomic E-state index is 0.179. The van der Waals surface area contributed by atoms with Crippen LogP contribution in [0, 0.1) is 6.92 Å². The largest absolute Gasteiger partial charge is 0.295 e. The van der Waals surface area contributed by atoms with Crippen LogP contribution in [0.25, 0.3) is 0 Å². The molecule has 0 aromatic heterocycles. The van der Waals surface area contributed by atoms with Gasteiger partial charge < -0.3 is 0 Å². The molecule has 2 rings (SSSR count). The Morgan fingerprint density at radius 1 is 1.20 bits per heavy atom. The summed E-state index contributed by atoms with van der Waals surface area (Å²) in [5.74, 6) is 0.179. The van der Waals surface area contributed by atoms with E-state index < -0.39 is 0 Å². The molecule has 0 heterocycles. The van der Waals surface area contributed by atoms with Crippen molar-refractivity contribution in [2.75, 3.05) is 0 Å². The topological polar surface area (TPSA) is 17.1 Å². The molecule has 1 aromatic rings. The summed E-state index contributed by atoms with van der Waals surface area (Å²) in [7, 11) is 0. The van der Waals surface area contributed by atoms with E-state index >= 15 is 0 Å². The van der Waals surface area contributed by atoms with Gasteiger partial charge in [-0.3, -0.25) is 4.79 Å². The molecule has 0 bridgehead atoms. The fraction of sp³-hybridized carbons (Fsp3) is 0.500. The SMILES string of the molecule is CC.CC(=O)c1cc(C)c2c(c1)CCC2. The summed E-state index contributed by atoms with van der Waals surface area (Å²) in [4.78, 5) is 11.2. The molecule has 0 spiro atoms. The molecule has 0 radical (unpaired) electrons. The number of aryl methyl sites for hydroxylation is 2. The maximum atomic E-state index is 11.2. The van der Waals surface area contributed by atoms with E-state index in [1.54, 1.807) is 6.92 Å². The van der Waals surface area contributed by atoms with E-state index in [-0.39, 0.29) is 5.78 Å². The number of hydrogen-bond acceptors (Lipinski definition) is 1. The zero-order valence-corrected chi connectivity index (χ0v) is 10.2. The highest BCUT2D eigenvalue weighted by molar-refractivity contribution is 5.94. The van der Waals surface area contributed by atoms with E-state index in [9.17, 15) is 4.79 Å². The van der Waals surface area contributed by atoms with Crippen molar-refractivity contribution in [3.8, 4) is 0 Å². The minimum Gasteiger partial charge on any atom is -0.295 e. The number of fused-ring (bicyclic) bond motifs is 1. The quantitative estimate of drug-likeness (QED) is 0.637. The van der Waals surface area contributed by atoms with Crippen LogP contribution in [-0.4, -0.2) is 5.78 Å². The molecule has 0 N–H and O–H groups in total. The van der Waals surface area contributed by atoms with Gasteiger partial charge in [-0.25, -0.2) is 0 Å². The first kappa shape index (κ1) is 12.0. The first-order chi connectivity index (χ1) is 7.18. The zero-order valence-electron chi connectivity index (χ0n) is 10.2. The summed E-state index contributed by atoms with van der Waals surface area (Å²) in [5, 5.41) is 0. The summed E-state index contributed by atoms with van der Waals surface area (Å²) in [6.07, 6.45) is 3.59. The van der Waals surface area contributed by atoms with Gasteiger partial charge in [0, 0.05) is 5.56 Å². The Morgan fingerprint density at radius 2 is 1.87 bits per heavy atom. The van der Waals surface area contributed by atoms with Crippen molar-refractivity contribution in [1.29, 1.82) is 0 Å². The van der Waals surface area contributed by atoms with Gasteiger partial charge in [-0.1, -0.05) is 13.8 Å². The van der Waals surface area contributed by atoms with Gasteiger partial charge in [0.15, 0.2) is 5.78 Å². The van der Waals surface area contributed by atoms with Crippen LogP contribution in [-0.2, 0) is 12.8 Å². The smallest absolute Gasteiger partial charge is 0.159 e. The summed E-state index contributed by atoms with van der Waals surface area (Å²) in [5.41, 5.74) is 5.04. The van der Waals surface area contributed by atoms with E-state index in [2.05, 4.69) is 13.0 Å². The summed E-state index contributed by atoms with van der Waals surface area (Å²) < 4.78 is 0. The number of rotatable bonds is 1. The van der Waals surface area contributed by atoms with Gasteiger partial charge in [0.05, 0.1) is 0 Å². The van der Waals surface area contributed by atoms with E-state index in [1.807, 2.05) is 19.9 Å². The average molecular weight is 204 g/mol. The van der Waals surface area contributed by atoms with Gasteiger partial charge in [0.2, 0.25) is 0 Å². The standard InChI is InChI=1S/C12H14O.C2H6/c1-8-6-11(9(2)13)7-10-4-3-5-12(8)10;1-2/h6-7H,3-5H2,1-2H3;1-2H3. The third-order valence-corrected chi connectivity index (χ3v) is 2.84. The molecule has 1 aliphatic carbocycles. The number of Topliss-reactive ketones (excluding diaryl/α,β-unsaturated/α-hetero) is 1. The lowest BCUT2D eigenvalue weighted by atomic mass is 9.99. The van der Waals surface area contributed by atoms with Crippen LogP contribution >= 0.6 is 0 Å². The molecule has 1 aliphatic rings. The predicted molar refractivity (Wildman–Crippen MR) is 64.6 cm³/mol. The fourth-order valence-corrected chi connectivity index (χ4v) is 2.13. The zero-order chi connectivity index (χ0) is 11.4. The average Bonchev–Trinajstić information content (AvgIpc) is 2.69. The van der Waals surface area contributed by atoms with E-state index in [4.69, 9.17) is 0 Å². The van der Waals surface area contributed by atoms with Crippen LogP contribution in [0.2, 0.25) is 0 Å². The molecule has 0 saturated carbocycles. The summed E-state index contributed by atoms with van der Waals surface area (Å²) in [6, 6.07) is 4.09. The van der Waals surface area contributed by atoms with E-state index in [0.717, 1.165) is 12.0 Å². The summed E-state index contributed by atoms with van der Waals surface area (Å²) in [6.45, 7) is 7.74. The van der Waals surface area contributed by atoms with Crippen LogP contribution in [0.3, 0.4) is 0 Å². The highest BCUT2D eigenvalue weighted by Gasteiger charge is 2.14. The Hall–Kier alpha value is -1.11. The second-order valence-electron chi connectivity index (χ2n) is 3.84. The number of carbonyl (C=O) groups excluding carboxylic acids is 1. The molecule has 15 heavy (non-hydrogen) atoms. The van der Waals surface area contributed by atoms with Gasteiger partial charge >= 0.3 is 0 Å². The van der Waals surface area contributed by atoms with Crippen LogP contribution in [0.1, 0.15) is 54.2 Å². The van der Waals surface area contributed by atoms with Gasteiger partial charge in [-0.15, -0.1) is 0 Å². The Morgan fingerprint density at radius 3 is 2.47 bits per heavy atom. The lowest BCUT2D eigenvalue weighted by Crippen LogP contribution is -1.97. The highest BCUT2D eigenvalue weighted by Crippen LogP contribution is 2.26. The van der Waals surface area contributed by atoms with Crippen LogP contribution in [0.5, 0.6) is 0 Å². The number of hydrogen-bond donors (Lipinski definition) is 0. The van der Waals surface area contributed by atoms with Crippen molar-refractivity contribution < 1.29 is 4.79 Å². The van der Waals surface area contributed by atoms with Gasteiger partial charge in [-0.2, -0.15) is 0 Å². The molecule has 0 fully saturated rings. The second kappa shape index (κ2) is 5.11. The molecular formula is C14H20O. The highest BCUT2D eigenvalue weighted by atomic mass is 16.1. The number of carbonyl (C=O) groups is 1. The van der Waals surface area contributed by atoms with Crippen LogP contribution in [0.15, 0.2) is 12.1 Å². The molecule has 0 atom stereocenters. The Bertz CT molecular complexity index is 364. The normalized spacial score (nSPS) is 12.8. The Kier molecular flexibility index (Phi) is 4.07. The van der Waals surface area contributed by atoms with Crippen LogP contribution in [0.4, 0.5) is 0 Å². The van der Waals surface area contributed by atoms with Gasteiger partial charge in [-0.05, 0) is 61.9 Å².